The van der Waals surface area contributed by atoms with Gasteiger partial charge in [0.15, 0.2) is 0 Å². The van der Waals surface area contributed by atoms with Gasteiger partial charge in [0.25, 0.3) is 5.91 Å². The summed E-state index contributed by atoms with van der Waals surface area (Å²) >= 11 is 0. The van der Waals surface area contributed by atoms with Crippen LogP contribution in [0.15, 0.2) is 24.3 Å². The van der Waals surface area contributed by atoms with Crippen LogP contribution in [0.4, 0.5) is 4.39 Å². The fraction of sp³-hybridized carbons (Fsp3) is 0.462. The van der Waals surface area contributed by atoms with Crippen molar-refractivity contribution in [2.45, 2.75) is 18.9 Å². The molecule has 5 heteroatoms. The third-order valence-electron chi connectivity index (χ3n) is 3.21. The maximum Gasteiger partial charge on any atom is 0.253 e. The Morgan fingerprint density at radius 3 is 2.67 bits per heavy atom. The minimum Gasteiger partial charge on any atom is -0.337 e. The van der Waals surface area contributed by atoms with Crippen molar-refractivity contribution in [1.29, 1.82) is 0 Å². The number of carbonyl (C=O) groups excluding carboxylic acids is 1. The number of piperidine rings is 1. The van der Waals surface area contributed by atoms with Crippen LogP contribution in [0.3, 0.4) is 0 Å². The first-order valence-corrected chi connectivity index (χ1v) is 5.93. The molecule has 1 atom stereocenters. The average Bonchev–Trinajstić information content (AvgIpc) is 2.39. The fourth-order valence-electron chi connectivity index (χ4n) is 2.17. The molecule has 1 saturated heterocycles. The van der Waals surface area contributed by atoms with Gasteiger partial charge in [0.1, 0.15) is 5.82 Å². The molecule has 1 aliphatic heterocycles. The molecule has 0 aromatic heterocycles. The highest BCUT2D eigenvalue weighted by molar-refractivity contribution is 5.94. The molecule has 1 N–H and O–H groups in total. The van der Waals surface area contributed by atoms with E-state index in [0.29, 0.717) is 11.6 Å². The Bertz CT molecular complexity index is 396. The molecule has 0 bridgehead atoms. The van der Waals surface area contributed by atoms with Crippen molar-refractivity contribution in [2.24, 2.45) is 0 Å². The van der Waals surface area contributed by atoms with Crippen molar-refractivity contribution < 1.29 is 9.18 Å². The van der Waals surface area contributed by atoms with Crippen molar-refractivity contribution >= 4 is 18.3 Å². The number of nitrogens with zero attached hydrogens (tertiary/aromatic N) is 1. The van der Waals surface area contributed by atoms with E-state index < -0.39 is 0 Å². The Hall–Kier alpha value is -1.13. The zero-order valence-corrected chi connectivity index (χ0v) is 11.2. The lowest BCUT2D eigenvalue weighted by molar-refractivity contribution is 0.0698. The number of hydrogen-bond donors (Lipinski definition) is 1. The van der Waals surface area contributed by atoms with Crippen LogP contribution >= 0.6 is 12.4 Å². The summed E-state index contributed by atoms with van der Waals surface area (Å²) < 4.78 is 12.8. The van der Waals surface area contributed by atoms with Crippen molar-refractivity contribution in [3.05, 3.63) is 35.6 Å². The zero-order chi connectivity index (χ0) is 12.3. The monoisotopic (exact) mass is 272 g/mol. The van der Waals surface area contributed by atoms with Crippen LogP contribution in [0.2, 0.25) is 0 Å². The number of amides is 1. The van der Waals surface area contributed by atoms with E-state index in [1.54, 1.807) is 12.1 Å². The number of halogens is 2. The van der Waals surface area contributed by atoms with Crippen LogP contribution in [0, 0.1) is 5.82 Å². The molecule has 1 aliphatic rings. The third-order valence-corrected chi connectivity index (χ3v) is 3.21. The molecule has 1 aromatic carbocycles. The molecule has 100 valence electrons. The van der Waals surface area contributed by atoms with Crippen LogP contribution in [0.1, 0.15) is 23.2 Å². The first kappa shape index (κ1) is 14.9. The van der Waals surface area contributed by atoms with Gasteiger partial charge in [-0.25, -0.2) is 4.39 Å². The lowest BCUT2D eigenvalue weighted by atomic mass is 10.0. The highest BCUT2D eigenvalue weighted by atomic mass is 35.5. The van der Waals surface area contributed by atoms with E-state index in [1.807, 2.05) is 11.9 Å². The molecule has 1 fully saturated rings. The number of likely N-dealkylation sites (tertiary alicyclic amines) is 1. The van der Waals surface area contributed by atoms with E-state index >= 15 is 0 Å². The summed E-state index contributed by atoms with van der Waals surface area (Å²) in [5, 5.41) is 3.20. The Morgan fingerprint density at radius 2 is 2.06 bits per heavy atom. The molecule has 1 heterocycles. The van der Waals surface area contributed by atoms with Crippen LogP contribution in [0.25, 0.3) is 0 Å². The summed E-state index contributed by atoms with van der Waals surface area (Å²) in [6.45, 7) is 1.51. The second-order valence-electron chi connectivity index (χ2n) is 4.39. The lowest BCUT2D eigenvalue weighted by Crippen LogP contribution is -2.46. The van der Waals surface area contributed by atoms with Gasteiger partial charge in [-0.05, 0) is 44.2 Å². The Labute approximate surface area is 113 Å². The SMILES string of the molecule is CNC1CCCN(C(=O)c2ccc(F)cc2)C1.Cl. The molecule has 0 aliphatic carbocycles. The predicted octanol–water partition coefficient (Wildman–Crippen LogP) is 2.07. The van der Waals surface area contributed by atoms with Crippen molar-refractivity contribution in [3.63, 3.8) is 0 Å². The van der Waals surface area contributed by atoms with E-state index in [1.165, 1.54) is 12.1 Å². The molecular formula is C13H18ClFN2O. The molecule has 1 aromatic rings. The molecule has 0 saturated carbocycles. The molecule has 1 unspecified atom stereocenters. The number of hydrogen-bond acceptors (Lipinski definition) is 2. The number of rotatable bonds is 2. The second kappa shape index (κ2) is 6.71. The maximum atomic E-state index is 12.8. The van der Waals surface area contributed by atoms with Gasteiger partial charge >= 0.3 is 0 Å². The molecule has 1 amide bonds. The minimum atomic E-state index is -0.312. The van der Waals surface area contributed by atoms with Gasteiger partial charge in [0.05, 0.1) is 0 Å². The highest BCUT2D eigenvalue weighted by Crippen LogP contribution is 2.14. The van der Waals surface area contributed by atoms with Gasteiger partial charge in [-0.15, -0.1) is 12.4 Å². The van der Waals surface area contributed by atoms with Gasteiger partial charge in [-0.2, -0.15) is 0 Å². The van der Waals surface area contributed by atoms with Gasteiger partial charge in [0.2, 0.25) is 0 Å². The largest absolute Gasteiger partial charge is 0.337 e. The first-order valence-electron chi connectivity index (χ1n) is 5.93. The van der Waals surface area contributed by atoms with E-state index in [-0.39, 0.29) is 24.1 Å². The van der Waals surface area contributed by atoms with Crippen molar-refractivity contribution in [3.8, 4) is 0 Å². The quantitative estimate of drug-likeness (QED) is 0.894. The average molecular weight is 273 g/mol. The Morgan fingerprint density at radius 1 is 1.39 bits per heavy atom. The summed E-state index contributed by atoms with van der Waals surface area (Å²) in [5.74, 6) is -0.321. The van der Waals surface area contributed by atoms with Crippen molar-refractivity contribution in [1.82, 2.24) is 10.2 Å². The zero-order valence-electron chi connectivity index (χ0n) is 10.4. The number of likely N-dealkylation sites (N-methyl/N-ethyl adjacent to an activating group) is 1. The maximum absolute atomic E-state index is 12.8. The molecule has 0 spiro atoms. The topological polar surface area (TPSA) is 32.3 Å². The van der Waals surface area contributed by atoms with Gasteiger partial charge in [0, 0.05) is 24.7 Å². The summed E-state index contributed by atoms with van der Waals surface area (Å²) in [4.78, 5) is 14.0. The molecule has 2 rings (SSSR count). The lowest BCUT2D eigenvalue weighted by Gasteiger charge is -2.32. The fourth-order valence-corrected chi connectivity index (χ4v) is 2.17. The van der Waals surface area contributed by atoms with Crippen LogP contribution in [0.5, 0.6) is 0 Å². The van der Waals surface area contributed by atoms with Crippen LogP contribution < -0.4 is 5.32 Å². The molecule has 3 nitrogen and oxygen atoms in total. The van der Waals surface area contributed by atoms with E-state index in [9.17, 15) is 9.18 Å². The van der Waals surface area contributed by atoms with Gasteiger partial charge in [-0.3, -0.25) is 4.79 Å². The summed E-state index contributed by atoms with van der Waals surface area (Å²) in [6.07, 6.45) is 2.11. The number of benzene rings is 1. The highest BCUT2D eigenvalue weighted by Gasteiger charge is 2.23. The Balaban J connectivity index is 0.00000162. The van der Waals surface area contributed by atoms with Crippen LogP contribution in [-0.4, -0.2) is 37.0 Å². The number of nitrogens with one attached hydrogen (secondary N) is 1. The van der Waals surface area contributed by atoms with E-state index in [4.69, 9.17) is 0 Å². The molecule has 0 radical (unpaired) electrons. The summed E-state index contributed by atoms with van der Waals surface area (Å²) in [7, 11) is 1.91. The Kier molecular flexibility index (Phi) is 5.56. The van der Waals surface area contributed by atoms with Gasteiger partial charge < -0.3 is 10.2 Å². The predicted molar refractivity (Wildman–Crippen MR) is 71.6 cm³/mol. The first-order chi connectivity index (χ1) is 8.20. The standard InChI is InChI=1S/C13H17FN2O.ClH/c1-15-12-3-2-8-16(9-12)13(17)10-4-6-11(14)7-5-10;/h4-7,12,15H,2-3,8-9H2,1H3;1H. The van der Waals surface area contributed by atoms with Gasteiger partial charge in [-0.1, -0.05) is 0 Å². The third kappa shape index (κ3) is 3.43. The molecular weight excluding hydrogens is 255 g/mol. The van der Waals surface area contributed by atoms with Crippen LogP contribution in [-0.2, 0) is 0 Å². The van der Waals surface area contributed by atoms with E-state index in [0.717, 1.165) is 25.9 Å². The second-order valence-corrected chi connectivity index (χ2v) is 4.39. The normalized spacial score (nSPS) is 19.2. The van der Waals surface area contributed by atoms with E-state index in [2.05, 4.69) is 5.32 Å². The summed E-state index contributed by atoms with van der Waals surface area (Å²) in [5.41, 5.74) is 0.558. The number of carbonyl (C=O) groups is 1. The smallest absolute Gasteiger partial charge is 0.253 e. The minimum absolute atomic E-state index is 0. The summed E-state index contributed by atoms with van der Waals surface area (Å²) in [6, 6.07) is 6.11. The van der Waals surface area contributed by atoms with Crippen molar-refractivity contribution in [2.75, 3.05) is 20.1 Å². The molecule has 18 heavy (non-hydrogen) atoms.